The van der Waals surface area contributed by atoms with E-state index in [0.717, 1.165) is 6.54 Å². The summed E-state index contributed by atoms with van der Waals surface area (Å²) in [7, 11) is 1.58. The third kappa shape index (κ3) is 2.78. The molecule has 3 rings (SSSR count). The number of aryl methyl sites for hydroxylation is 1. The highest BCUT2D eigenvalue weighted by Crippen LogP contribution is 2.33. The zero-order valence-corrected chi connectivity index (χ0v) is 13.1. The van der Waals surface area contributed by atoms with Crippen molar-refractivity contribution in [2.24, 2.45) is 11.8 Å². The Balaban J connectivity index is 1.64. The van der Waals surface area contributed by atoms with E-state index >= 15 is 0 Å². The molecular weight excluding hydrogens is 280 g/mol. The van der Waals surface area contributed by atoms with Gasteiger partial charge in [-0.15, -0.1) is 0 Å². The average Bonchev–Trinajstić information content (AvgIpc) is 2.98. The number of rotatable bonds is 5. The van der Waals surface area contributed by atoms with E-state index < -0.39 is 0 Å². The van der Waals surface area contributed by atoms with E-state index in [0.29, 0.717) is 26.2 Å². The standard InChI is InChI=1S/C17H22N2O3/c1-12-4-3-5-13(8-12)9-18-10-14-15(11-18)17(21)19(16(14)20)6-7-22-2/h3-5,8,14-15H,6-7,9-11H2,1-2H3/t14-,15+. The van der Waals surface area contributed by atoms with Gasteiger partial charge in [0.25, 0.3) is 0 Å². The molecule has 2 aliphatic heterocycles. The first-order chi connectivity index (χ1) is 10.6. The molecule has 5 heteroatoms. The van der Waals surface area contributed by atoms with Crippen LogP contribution in [0.4, 0.5) is 0 Å². The van der Waals surface area contributed by atoms with E-state index in [-0.39, 0.29) is 23.7 Å². The van der Waals surface area contributed by atoms with E-state index in [1.807, 2.05) is 6.07 Å². The van der Waals surface area contributed by atoms with Crippen LogP contribution in [0, 0.1) is 18.8 Å². The van der Waals surface area contributed by atoms with Gasteiger partial charge in [0.15, 0.2) is 0 Å². The zero-order chi connectivity index (χ0) is 15.7. The fourth-order valence-electron chi connectivity index (χ4n) is 3.50. The lowest BCUT2D eigenvalue weighted by molar-refractivity contribution is -0.141. The average molecular weight is 302 g/mol. The lowest BCUT2D eigenvalue weighted by atomic mass is 10.00. The number of nitrogens with zero attached hydrogens (tertiary/aromatic N) is 2. The molecule has 0 aliphatic carbocycles. The first-order valence-corrected chi connectivity index (χ1v) is 7.72. The normalized spacial score (nSPS) is 25.1. The fraction of sp³-hybridized carbons (Fsp3) is 0.529. The number of hydrogen-bond acceptors (Lipinski definition) is 4. The molecule has 5 nitrogen and oxygen atoms in total. The Labute approximate surface area is 130 Å². The second-order valence-corrected chi connectivity index (χ2v) is 6.22. The maximum Gasteiger partial charge on any atom is 0.234 e. The van der Waals surface area contributed by atoms with E-state index in [9.17, 15) is 9.59 Å². The quantitative estimate of drug-likeness (QED) is 0.763. The number of ether oxygens (including phenoxy) is 1. The van der Waals surface area contributed by atoms with Crippen LogP contribution in [-0.2, 0) is 20.9 Å². The number of fused-ring (bicyclic) bond motifs is 1. The van der Waals surface area contributed by atoms with Crippen LogP contribution in [0.1, 0.15) is 11.1 Å². The third-order valence-electron chi connectivity index (χ3n) is 4.57. The topological polar surface area (TPSA) is 49.9 Å². The van der Waals surface area contributed by atoms with Crippen molar-refractivity contribution in [3.63, 3.8) is 0 Å². The van der Waals surface area contributed by atoms with Gasteiger partial charge in [0.2, 0.25) is 11.8 Å². The Bertz CT molecular complexity index is 563. The van der Waals surface area contributed by atoms with Crippen molar-refractivity contribution < 1.29 is 14.3 Å². The smallest absolute Gasteiger partial charge is 0.234 e. The van der Waals surface area contributed by atoms with Crippen LogP contribution in [-0.4, -0.2) is 55.0 Å². The summed E-state index contributed by atoms with van der Waals surface area (Å²) in [5, 5.41) is 0. The van der Waals surface area contributed by atoms with Crippen LogP contribution in [0.5, 0.6) is 0 Å². The van der Waals surface area contributed by atoms with Crippen molar-refractivity contribution in [1.82, 2.24) is 9.80 Å². The van der Waals surface area contributed by atoms with Crippen LogP contribution < -0.4 is 0 Å². The van der Waals surface area contributed by atoms with E-state index in [1.54, 1.807) is 7.11 Å². The van der Waals surface area contributed by atoms with Crippen molar-refractivity contribution in [3.05, 3.63) is 35.4 Å². The molecule has 0 N–H and O–H groups in total. The number of imide groups is 1. The molecule has 2 saturated heterocycles. The molecule has 2 atom stereocenters. The monoisotopic (exact) mass is 302 g/mol. The number of methoxy groups -OCH3 is 1. The molecule has 118 valence electrons. The number of carbonyl (C=O) groups is 2. The Morgan fingerprint density at radius 3 is 2.45 bits per heavy atom. The summed E-state index contributed by atoms with van der Waals surface area (Å²) in [6, 6.07) is 8.37. The molecule has 1 aromatic rings. The Morgan fingerprint density at radius 1 is 1.18 bits per heavy atom. The summed E-state index contributed by atoms with van der Waals surface area (Å²) in [4.78, 5) is 28.4. The maximum absolute atomic E-state index is 12.4. The van der Waals surface area contributed by atoms with Gasteiger partial charge >= 0.3 is 0 Å². The number of hydrogen-bond donors (Lipinski definition) is 0. The van der Waals surface area contributed by atoms with Gasteiger partial charge in [-0.05, 0) is 12.5 Å². The lowest BCUT2D eigenvalue weighted by Crippen LogP contribution is -2.37. The fourth-order valence-corrected chi connectivity index (χ4v) is 3.50. The van der Waals surface area contributed by atoms with Crippen LogP contribution in [0.2, 0.25) is 0 Å². The number of carbonyl (C=O) groups excluding carboxylic acids is 2. The molecule has 2 heterocycles. The lowest BCUT2D eigenvalue weighted by Gasteiger charge is -2.20. The maximum atomic E-state index is 12.4. The number of benzene rings is 1. The van der Waals surface area contributed by atoms with Crippen molar-refractivity contribution in [3.8, 4) is 0 Å². The molecule has 2 amide bonds. The predicted molar refractivity (Wildman–Crippen MR) is 82.0 cm³/mol. The first kappa shape index (κ1) is 15.2. The Morgan fingerprint density at radius 2 is 1.86 bits per heavy atom. The Kier molecular flexibility index (Phi) is 4.27. The molecule has 0 radical (unpaired) electrons. The summed E-state index contributed by atoms with van der Waals surface area (Å²) in [5.41, 5.74) is 2.46. The summed E-state index contributed by atoms with van der Waals surface area (Å²) >= 11 is 0. The molecule has 2 aliphatic rings. The second kappa shape index (κ2) is 6.18. The van der Waals surface area contributed by atoms with Gasteiger partial charge in [-0.25, -0.2) is 0 Å². The van der Waals surface area contributed by atoms with E-state index in [2.05, 4.69) is 30.0 Å². The molecule has 22 heavy (non-hydrogen) atoms. The van der Waals surface area contributed by atoms with E-state index in [4.69, 9.17) is 4.74 Å². The highest BCUT2D eigenvalue weighted by Gasteiger charge is 2.51. The van der Waals surface area contributed by atoms with Crippen molar-refractivity contribution in [2.45, 2.75) is 13.5 Å². The minimum Gasteiger partial charge on any atom is -0.383 e. The SMILES string of the molecule is COCCN1C(=O)[C@H]2CN(Cc3cccc(C)c3)C[C@H]2C1=O. The van der Waals surface area contributed by atoms with Gasteiger partial charge in [-0.2, -0.15) is 0 Å². The molecule has 0 bridgehead atoms. The van der Waals surface area contributed by atoms with Gasteiger partial charge in [0.05, 0.1) is 25.0 Å². The first-order valence-electron chi connectivity index (χ1n) is 7.72. The molecule has 0 spiro atoms. The van der Waals surface area contributed by atoms with Crippen molar-refractivity contribution in [2.75, 3.05) is 33.4 Å². The van der Waals surface area contributed by atoms with Crippen LogP contribution in [0.3, 0.4) is 0 Å². The van der Waals surface area contributed by atoms with Gasteiger partial charge < -0.3 is 4.74 Å². The van der Waals surface area contributed by atoms with Gasteiger partial charge in [0.1, 0.15) is 0 Å². The number of amides is 2. The van der Waals surface area contributed by atoms with Crippen molar-refractivity contribution >= 4 is 11.8 Å². The highest BCUT2D eigenvalue weighted by atomic mass is 16.5. The third-order valence-corrected chi connectivity index (χ3v) is 4.57. The minimum absolute atomic E-state index is 0.0289. The zero-order valence-electron chi connectivity index (χ0n) is 13.1. The summed E-state index contributed by atoms with van der Waals surface area (Å²) in [6.07, 6.45) is 0. The predicted octanol–water partition coefficient (Wildman–Crippen LogP) is 1.06. The van der Waals surface area contributed by atoms with Crippen LogP contribution in [0.25, 0.3) is 0 Å². The molecule has 0 unspecified atom stereocenters. The molecular formula is C17H22N2O3. The molecule has 0 saturated carbocycles. The molecule has 0 aromatic heterocycles. The minimum atomic E-state index is -0.172. The van der Waals surface area contributed by atoms with Crippen molar-refractivity contribution in [1.29, 1.82) is 0 Å². The van der Waals surface area contributed by atoms with Gasteiger partial charge in [-0.3, -0.25) is 19.4 Å². The van der Waals surface area contributed by atoms with Crippen LogP contribution in [0.15, 0.2) is 24.3 Å². The summed E-state index contributed by atoms with van der Waals surface area (Å²) in [5.74, 6) is -0.402. The highest BCUT2D eigenvalue weighted by molar-refractivity contribution is 6.05. The number of likely N-dealkylation sites (tertiary alicyclic amines) is 2. The molecule has 1 aromatic carbocycles. The van der Waals surface area contributed by atoms with Gasteiger partial charge in [0, 0.05) is 26.7 Å². The summed E-state index contributed by atoms with van der Waals surface area (Å²) < 4.78 is 4.98. The van der Waals surface area contributed by atoms with Crippen LogP contribution >= 0.6 is 0 Å². The Hall–Kier alpha value is -1.72. The summed E-state index contributed by atoms with van der Waals surface area (Å²) in [6.45, 7) is 5.00. The van der Waals surface area contributed by atoms with E-state index in [1.165, 1.54) is 16.0 Å². The molecule has 2 fully saturated rings. The largest absolute Gasteiger partial charge is 0.383 e. The van der Waals surface area contributed by atoms with Gasteiger partial charge in [-0.1, -0.05) is 29.8 Å². The second-order valence-electron chi connectivity index (χ2n) is 6.22.